The zero-order valence-electron chi connectivity index (χ0n) is 15.8. The minimum atomic E-state index is -1.03. The molecular weight excluding hydrogens is 400 g/mol. The van der Waals surface area contributed by atoms with E-state index in [0.29, 0.717) is 21.9 Å². The molecule has 3 aromatic rings. The maximum absolute atomic E-state index is 12.8. The second-order valence-electron chi connectivity index (χ2n) is 6.72. The molecule has 30 heavy (non-hydrogen) atoms. The molecule has 7 heteroatoms. The lowest BCUT2D eigenvalue weighted by Gasteiger charge is -2.24. The number of fused-ring (bicyclic) bond motifs is 1. The standard InChI is InChI=1S/C23H16N2O4S/c26-20-13-18-21(24-19(30-18)8-4-7-15-5-2-1-3-6-15)22(27)25(20)14-16-9-11-17(12-10-16)23(28)29/h1-3,5-6,9-12H,7,13-14H2,(H,28,29). The molecule has 2 aromatic carbocycles. The van der Waals surface area contributed by atoms with Gasteiger partial charge in [-0.15, -0.1) is 11.3 Å². The zero-order chi connectivity index (χ0) is 21.1. The lowest BCUT2D eigenvalue weighted by atomic mass is 10.1. The summed E-state index contributed by atoms with van der Waals surface area (Å²) in [5.41, 5.74) is 2.18. The molecule has 148 valence electrons. The van der Waals surface area contributed by atoms with Crippen molar-refractivity contribution in [3.8, 4) is 11.8 Å². The Balaban J connectivity index is 1.50. The van der Waals surface area contributed by atoms with Crippen LogP contribution in [0.2, 0.25) is 0 Å². The molecule has 4 rings (SSSR count). The van der Waals surface area contributed by atoms with Crippen molar-refractivity contribution in [3.63, 3.8) is 0 Å². The largest absolute Gasteiger partial charge is 0.478 e. The van der Waals surface area contributed by atoms with Crippen LogP contribution in [0.4, 0.5) is 0 Å². The number of rotatable bonds is 4. The highest BCUT2D eigenvalue weighted by Gasteiger charge is 2.34. The molecule has 6 nitrogen and oxygen atoms in total. The van der Waals surface area contributed by atoms with E-state index in [4.69, 9.17) is 5.11 Å². The fourth-order valence-electron chi connectivity index (χ4n) is 3.08. The van der Waals surface area contributed by atoms with Crippen molar-refractivity contribution in [2.75, 3.05) is 0 Å². The third-order valence-electron chi connectivity index (χ3n) is 4.63. The molecule has 0 spiro atoms. The normalized spacial score (nSPS) is 12.9. The number of carbonyl (C=O) groups is 3. The van der Waals surface area contributed by atoms with Crippen molar-refractivity contribution in [3.05, 3.63) is 86.9 Å². The molecular formula is C23H16N2O4S. The van der Waals surface area contributed by atoms with E-state index >= 15 is 0 Å². The number of benzene rings is 2. The molecule has 0 bridgehead atoms. The highest BCUT2D eigenvalue weighted by Crippen LogP contribution is 2.26. The van der Waals surface area contributed by atoms with Crippen LogP contribution in [0.1, 0.15) is 41.9 Å². The van der Waals surface area contributed by atoms with Crippen LogP contribution in [0.3, 0.4) is 0 Å². The second kappa shape index (κ2) is 8.31. The Morgan fingerprint density at radius 2 is 1.80 bits per heavy atom. The molecule has 2 heterocycles. The summed E-state index contributed by atoms with van der Waals surface area (Å²) in [6, 6.07) is 15.9. The maximum atomic E-state index is 12.8. The van der Waals surface area contributed by atoms with E-state index < -0.39 is 11.9 Å². The summed E-state index contributed by atoms with van der Waals surface area (Å²) in [5.74, 6) is 4.27. The van der Waals surface area contributed by atoms with Crippen molar-refractivity contribution in [2.45, 2.75) is 19.4 Å². The number of thiazole rings is 1. The molecule has 1 N–H and O–H groups in total. The summed E-state index contributed by atoms with van der Waals surface area (Å²) >= 11 is 1.27. The minimum absolute atomic E-state index is 0.0730. The van der Waals surface area contributed by atoms with Gasteiger partial charge in [0.15, 0.2) is 5.01 Å². The molecule has 1 aromatic heterocycles. The number of carboxylic acid groups (broad SMARTS) is 1. The summed E-state index contributed by atoms with van der Waals surface area (Å²) in [5, 5.41) is 9.50. The van der Waals surface area contributed by atoms with Crippen LogP contribution in [0.5, 0.6) is 0 Å². The van der Waals surface area contributed by atoms with Gasteiger partial charge in [-0.1, -0.05) is 48.4 Å². The van der Waals surface area contributed by atoms with Crippen LogP contribution < -0.4 is 0 Å². The maximum Gasteiger partial charge on any atom is 0.335 e. The van der Waals surface area contributed by atoms with Gasteiger partial charge in [0.2, 0.25) is 5.91 Å². The smallest absolute Gasteiger partial charge is 0.335 e. The highest BCUT2D eigenvalue weighted by atomic mass is 32.1. The molecule has 2 amide bonds. The van der Waals surface area contributed by atoms with Crippen molar-refractivity contribution in [2.24, 2.45) is 0 Å². The summed E-state index contributed by atoms with van der Waals surface area (Å²) in [7, 11) is 0. The fourth-order valence-corrected chi connectivity index (χ4v) is 4.00. The molecule has 1 aliphatic rings. The average Bonchev–Trinajstić information content (AvgIpc) is 3.15. The number of aromatic carboxylic acids is 1. The van der Waals surface area contributed by atoms with Gasteiger partial charge >= 0.3 is 5.97 Å². The Hall–Kier alpha value is -3.76. The van der Waals surface area contributed by atoms with Crippen molar-refractivity contribution >= 4 is 29.1 Å². The number of hydrogen-bond acceptors (Lipinski definition) is 5. The quantitative estimate of drug-likeness (QED) is 0.521. The number of aromatic nitrogens is 1. The van der Waals surface area contributed by atoms with Crippen LogP contribution in [0.25, 0.3) is 0 Å². The van der Waals surface area contributed by atoms with E-state index in [0.717, 1.165) is 10.5 Å². The number of carboxylic acids is 1. The van der Waals surface area contributed by atoms with E-state index in [9.17, 15) is 14.4 Å². The zero-order valence-corrected chi connectivity index (χ0v) is 16.6. The first-order valence-corrected chi connectivity index (χ1v) is 10.0. The lowest BCUT2D eigenvalue weighted by molar-refractivity contribution is -0.128. The summed E-state index contributed by atoms with van der Waals surface area (Å²) < 4.78 is 0. The van der Waals surface area contributed by atoms with Crippen LogP contribution in [-0.2, 0) is 24.2 Å². The number of carbonyl (C=O) groups excluding carboxylic acids is 2. The third-order valence-corrected chi connectivity index (χ3v) is 5.60. The van der Waals surface area contributed by atoms with Gasteiger partial charge in [-0.2, -0.15) is 0 Å². The van der Waals surface area contributed by atoms with Crippen LogP contribution in [0, 0.1) is 11.8 Å². The van der Waals surface area contributed by atoms with Gasteiger partial charge in [0.1, 0.15) is 5.69 Å². The lowest BCUT2D eigenvalue weighted by Crippen LogP contribution is -2.41. The average molecular weight is 416 g/mol. The Labute approximate surface area is 176 Å². The van der Waals surface area contributed by atoms with Gasteiger partial charge in [-0.25, -0.2) is 9.78 Å². The van der Waals surface area contributed by atoms with Crippen molar-refractivity contribution in [1.82, 2.24) is 9.88 Å². The van der Waals surface area contributed by atoms with Crippen LogP contribution >= 0.6 is 11.3 Å². The molecule has 0 saturated carbocycles. The molecule has 1 aliphatic heterocycles. The van der Waals surface area contributed by atoms with E-state index in [1.54, 1.807) is 12.1 Å². The van der Waals surface area contributed by atoms with Crippen LogP contribution in [0.15, 0.2) is 54.6 Å². The van der Waals surface area contributed by atoms with Gasteiger partial charge in [0, 0.05) is 11.3 Å². The molecule has 0 unspecified atom stereocenters. The Kier molecular flexibility index (Phi) is 5.42. The topological polar surface area (TPSA) is 87.6 Å². The Bertz CT molecular complexity index is 1190. The van der Waals surface area contributed by atoms with Gasteiger partial charge in [-0.05, 0) is 29.2 Å². The first-order chi connectivity index (χ1) is 14.5. The summed E-state index contributed by atoms with van der Waals surface area (Å²) in [6.07, 6.45) is 0.683. The molecule has 0 fully saturated rings. The van der Waals surface area contributed by atoms with E-state index in [2.05, 4.69) is 16.8 Å². The van der Waals surface area contributed by atoms with Crippen molar-refractivity contribution in [1.29, 1.82) is 0 Å². The predicted octanol–water partition coefficient (Wildman–Crippen LogP) is 3.16. The van der Waals surface area contributed by atoms with Crippen LogP contribution in [-0.4, -0.2) is 32.8 Å². The van der Waals surface area contributed by atoms with Gasteiger partial charge < -0.3 is 5.11 Å². The SMILES string of the molecule is O=C(O)c1ccc(CN2C(=O)Cc3sc(C#CCc4ccccc4)nc3C2=O)cc1. The highest BCUT2D eigenvalue weighted by molar-refractivity contribution is 7.12. The second-order valence-corrected chi connectivity index (χ2v) is 7.80. The van der Waals surface area contributed by atoms with E-state index in [1.165, 1.54) is 23.5 Å². The predicted molar refractivity (Wildman–Crippen MR) is 111 cm³/mol. The van der Waals surface area contributed by atoms with Gasteiger partial charge in [-0.3, -0.25) is 14.5 Å². The number of nitrogens with zero attached hydrogens (tertiary/aromatic N) is 2. The number of amides is 2. The monoisotopic (exact) mass is 416 g/mol. The van der Waals surface area contributed by atoms with E-state index in [1.807, 2.05) is 30.3 Å². The molecule has 0 saturated heterocycles. The summed E-state index contributed by atoms with van der Waals surface area (Å²) in [4.78, 5) is 42.4. The van der Waals surface area contributed by atoms with Gasteiger partial charge in [0.25, 0.3) is 5.91 Å². The third kappa shape index (κ3) is 4.14. The molecule has 0 radical (unpaired) electrons. The Morgan fingerprint density at radius 1 is 1.07 bits per heavy atom. The van der Waals surface area contributed by atoms with E-state index in [-0.39, 0.29) is 30.1 Å². The van der Waals surface area contributed by atoms with Gasteiger partial charge in [0.05, 0.1) is 18.5 Å². The molecule has 0 atom stereocenters. The minimum Gasteiger partial charge on any atom is -0.478 e. The summed E-state index contributed by atoms with van der Waals surface area (Å²) in [6.45, 7) is 0.0730. The fraction of sp³-hybridized carbons (Fsp3) is 0.130. The van der Waals surface area contributed by atoms with Crippen molar-refractivity contribution < 1.29 is 19.5 Å². The Morgan fingerprint density at radius 3 is 2.50 bits per heavy atom. The first-order valence-electron chi connectivity index (χ1n) is 9.20. The first kappa shape index (κ1) is 19.6. The number of hydrogen-bond donors (Lipinski definition) is 1. The molecule has 0 aliphatic carbocycles. The number of imide groups is 1.